The second-order valence-corrected chi connectivity index (χ2v) is 20.0. The van der Waals surface area contributed by atoms with E-state index in [9.17, 15) is 0 Å². The van der Waals surface area contributed by atoms with Crippen LogP contribution in [0.2, 0.25) is 0 Å². The molecular formula is C69H55N. The average Bonchev–Trinajstić information content (AvgIpc) is 3.41. The van der Waals surface area contributed by atoms with Gasteiger partial charge in [-0.15, -0.1) is 0 Å². The van der Waals surface area contributed by atoms with E-state index in [-0.39, 0.29) is 10.8 Å². The highest BCUT2D eigenvalue weighted by Crippen LogP contribution is 2.61. The van der Waals surface area contributed by atoms with Crippen LogP contribution in [0, 0.1) is 0 Å². The Hall–Kier alpha value is -8.26. The van der Waals surface area contributed by atoms with Crippen molar-refractivity contribution in [2.45, 2.75) is 45.4 Å². The highest BCUT2D eigenvalue weighted by molar-refractivity contribution is 6.05. The van der Waals surface area contributed by atoms with Gasteiger partial charge in [0.15, 0.2) is 0 Å². The summed E-state index contributed by atoms with van der Waals surface area (Å²) in [5.41, 5.74) is 25.6. The van der Waals surface area contributed by atoms with Gasteiger partial charge in [0.25, 0.3) is 0 Å². The molecule has 1 heteroatoms. The predicted octanol–water partition coefficient (Wildman–Crippen LogP) is 19.3. The Kier molecular flexibility index (Phi) is 10.3. The van der Waals surface area contributed by atoms with Crippen LogP contribution in [0.5, 0.6) is 0 Å². The molecule has 70 heavy (non-hydrogen) atoms. The van der Waals surface area contributed by atoms with Gasteiger partial charge in [0, 0.05) is 10.8 Å². The summed E-state index contributed by atoms with van der Waals surface area (Å²) in [5, 5.41) is 2.53. The number of rotatable bonds is 8. The Bertz CT molecular complexity index is 3700. The molecule has 1 nitrogen and oxygen atoms in total. The molecule has 2 aliphatic rings. The standard InChI is InChI=1S/C69H55N/c1-7-19-58-53(8-2)54(47-20-11-9-12-21-47)37-38-56(58)49-32-28-45(29-33-49)51-36-41-66-62(42-51)69(5,6)64-44-52(43-63-67(64)70(66)65-27-18-17-26-61(65)68(63,3)4)46-30-34-50(35-31-46)57-40-39-55(48-22-13-10-14-23-48)59-24-15-16-25-60(57)59/h7-44H,2H2,1,3-6H3/b19-7-. The summed E-state index contributed by atoms with van der Waals surface area (Å²) in [4.78, 5) is 2.56. The molecule has 2 heterocycles. The maximum atomic E-state index is 4.26. The van der Waals surface area contributed by atoms with Crippen LogP contribution in [-0.2, 0) is 10.8 Å². The van der Waals surface area contributed by atoms with Gasteiger partial charge in [0.1, 0.15) is 0 Å². The lowest BCUT2D eigenvalue weighted by Gasteiger charge is -2.49. The van der Waals surface area contributed by atoms with Gasteiger partial charge in [0.05, 0.1) is 17.1 Å². The van der Waals surface area contributed by atoms with Crippen LogP contribution in [0.4, 0.5) is 17.1 Å². The zero-order chi connectivity index (χ0) is 47.7. The fourth-order valence-corrected chi connectivity index (χ4v) is 11.7. The molecule has 12 rings (SSSR count). The van der Waals surface area contributed by atoms with Crippen molar-refractivity contribution in [3.05, 3.63) is 258 Å². The van der Waals surface area contributed by atoms with E-state index in [0.29, 0.717) is 0 Å². The van der Waals surface area contributed by atoms with E-state index in [1.807, 2.05) is 6.08 Å². The third-order valence-corrected chi connectivity index (χ3v) is 15.4. The van der Waals surface area contributed by atoms with Crippen molar-refractivity contribution in [3.8, 4) is 66.8 Å². The number of fused-ring (bicyclic) bond motifs is 5. The summed E-state index contributed by atoms with van der Waals surface area (Å²) in [6.07, 6.45) is 6.34. The smallest absolute Gasteiger partial charge is 0.0544 e. The maximum absolute atomic E-state index is 4.26. The largest absolute Gasteiger partial charge is 0.309 e. The van der Waals surface area contributed by atoms with Crippen LogP contribution in [0.15, 0.2) is 225 Å². The third-order valence-electron chi connectivity index (χ3n) is 15.4. The van der Waals surface area contributed by atoms with Gasteiger partial charge in [-0.2, -0.15) is 0 Å². The topological polar surface area (TPSA) is 3.24 Å². The molecule has 10 aromatic carbocycles. The van der Waals surface area contributed by atoms with Gasteiger partial charge in [-0.05, 0) is 148 Å². The van der Waals surface area contributed by atoms with Crippen LogP contribution in [0.25, 0.3) is 89.7 Å². The van der Waals surface area contributed by atoms with E-state index in [2.05, 4.69) is 271 Å². The number of allylic oxidation sites excluding steroid dienone is 1. The molecule has 0 aromatic heterocycles. The maximum Gasteiger partial charge on any atom is 0.0544 e. The predicted molar refractivity (Wildman–Crippen MR) is 300 cm³/mol. The second-order valence-electron chi connectivity index (χ2n) is 20.0. The van der Waals surface area contributed by atoms with Crippen molar-refractivity contribution in [2.24, 2.45) is 0 Å². The summed E-state index contributed by atoms with van der Waals surface area (Å²) in [6, 6.07) is 78.8. The van der Waals surface area contributed by atoms with Gasteiger partial charge in [0.2, 0.25) is 0 Å². The molecule has 0 amide bonds. The monoisotopic (exact) mass is 897 g/mol. The number of benzene rings is 10. The van der Waals surface area contributed by atoms with Gasteiger partial charge in [-0.3, -0.25) is 0 Å². The quantitative estimate of drug-likeness (QED) is 0.147. The highest BCUT2D eigenvalue weighted by atomic mass is 15.2. The Balaban J connectivity index is 0.941. The molecule has 0 aliphatic carbocycles. The molecule has 10 aromatic rings. The van der Waals surface area contributed by atoms with Crippen molar-refractivity contribution in [3.63, 3.8) is 0 Å². The molecule has 336 valence electrons. The zero-order valence-corrected chi connectivity index (χ0v) is 40.6. The molecule has 0 saturated carbocycles. The van der Waals surface area contributed by atoms with Gasteiger partial charge >= 0.3 is 0 Å². The van der Waals surface area contributed by atoms with Crippen molar-refractivity contribution in [1.29, 1.82) is 0 Å². The van der Waals surface area contributed by atoms with Crippen LogP contribution in [-0.4, -0.2) is 0 Å². The number of nitrogens with zero attached hydrogens (tertiary/aromatic N) is 1. The van der Waals surface area contributed by atoms with Crippen LogP contribution in [0.3, 0.4) is 0 Å². The van der Waals surface area contributed by atoms with Crippen molar-refractivity contribution < 1.29 is 0 Å². The minimum Gasteiger partial charge on any atom is -0.309 e. The minimum absolute atomic E-state index is 0.219. The van der Waals surface area contributed by atoms with E-state index in [4.69, 9.17) is 0 Å². The summed E-state index contributed by atoms with van der Waals surface area (Å²) in [5.74, 6) is 0. The van der Waals surface area contributed by atoms with E-state index in [1.54, 1.807) is 0 Å². The lowest BCUT2D eigenvalue weighted by molar-refractivity contribution is 0.598. The molecular weight excluding hydrogens is 843 g/mol. The van der Waals surface area contributed by atoms with Gasteiger partial charge in [-0.25, -0.2) is 0 Å². The van der Waals surface area contributed by atoms with Gasteiger partial charge in [-0.1, -0.05) is 234 Å². The zero-order valence-electron chi connectivity index (χ0n) is 40.6. The number of hydrogen-bond acceptors (Lipinski definition) is 1. The van der Waals surface area contributed by atoms with Crippen LogP contribution >= 0.6 is 0 Å². The first kappa shape index (κ1) is 43.0. The molecule has 0 bridgehead atoms. The molecule has 0 radical (unpaired) electrons. The van der Waals surface area contributed by atoms with E-state index < -0.39 is 0 Å². The summed E-state index contributed by atoms with van der Waals surface area (Å²) in [6.45, 7) is 16.0. The molecule has 0 fully saturated rings. The molecule has 2 aliphatic heterocycles. The van der Waals surface area contributed by atoms with Crippen LogP contribution in [0.1, 0.15) is 68.0 Å². The summed E-state index contributed by atoms with van der Waals surface area (Å²) >= 11 is 0. The third kappa shape index (κ3) is 6.83. The number of hydrogen-bond donors (Lipinski definition) is 0. The first-order chi connectivity index (χ1) is 34.1. The molecule has 0 atom stereocenters. The lowest BCUT2D eigenvalue weighted by atomic mass is 9.65. The van der Waals surface area contributed by atoms with E-state index in [0.717, 1.165) is 5.56 Å². The molecule has 0 saturated heterocycles. The van der Waals surface area contributed by atoms with E-state index >= 15 is 0 Å². The van der Waals surface area contributed by atoms with Crippen molar-refractivity contribution in [2.75, 3.05) is 4.90 Å². The Morgan fingerprint density at radius 1 is 0.357 bits per heavy atom. The normalized spacial score (nSPS) is 14.0. The fraction of sp³-hybridized carbons (Fsp3) is 0.101. The van der Waals surface area contributed by atoms with E-state index in [1.165, 1.54) is 122 Å². The number of anilines is 3. The SMILES string of the molecule is C=Cc1c(-c2ccccc2)ccc(-c2ccc(-c3ccc4c(c3)C(C)(C)c3cc(-c5ccc(-c6ccc(-c7ccccc7)c7ccccc67)cc5)cc5c3N4c3ccccc3C5(C)C)cc2)c1/C=C\C. The Morgan fingerprint density at radius 3 is 1.36 bits per heavy atom. The average molecular weight is 898 g/mol. The summed E-state index contributed by atoms with van der Waals surface area (Å²) in [7, 11) is 0. The molecule has 0 N–H and O–H groups in total. The fourth-order valence-electron chi connectivity index (χ4n) is 11.7. The first-order valence-corrected chi connectivity index (χ1v) is 24.7. The van der Waals surface area contributed by atoms with Gasteiger partial charge < -0.3 is 4.90 Å². The molecule has 0 unspecified atom stereocenters. The molecule has 0 spiro atoms. The Labute approximate surface area is 413 Å². The summed E-state index contributed by atoms with van der Waals surface area (Å²) < 4.78 is 0. The van der Waals surface area contributed by atoms with Crippen molar-refractivity contribution in [1.82, 2.24) is 0 Å². The van der Waals surface area contributed by atoms with Crippen molar-refractivity contribution >= 4 is 40.0 Å². The Morgan fingerprint density at radius 2 is 0.771 bits per heavy atom. The van der Waals surface area contributed by atoms with Crippen LogP contribution < -0.4 is 4.90 Å². The first-order valence-electron chi connectivity index (χ1n) is 24.7. The minimum atomic E-state index is -0.299. The second kappa shape index (κ2) is 16.8. The lowest BCUT2D eigenvalue weighted by Crippen LogP contribution is -2.38. The highest BCUT2D eigenvalue weighted by Gasteiger charge is 2.45. The number of para-hydroxylation sites is 1.